The van der Waals surface area contributed by atoms with Gasteiger partial charge in [-0.25, -0.2) is 4.98 Å². The number of aromatic nitrogens is 1. The average Bonchev–Trinajstić information content (AvgIpc) is 3.11. The van der Waals surface area contributed by atoms with Crippen LogP contribution >= 0.6 is 22.9 Å². The number of carbonyl (C=O) groups excluding carboxylic acids is 2. The summed E-state index contributed by atoms with van der Waals surface area (Å²) < 4.78 is 0. The minimum Gasteiger partial charge on any atom is -0.351 e. The Bertz CT molecular complexity index is 806. The minimum absolute atomic E-state index is 0.0126. The number of amides is 2. The van der Waals surface area contributed by atoms with Crippen molar-refractivity contribution in [3.05, 3.63) is 40.4 Å². The topological polar surface area (TPSA) is 62.3 Å². The van der Waals surface area contributed by atoms with E-state index in [2.05, 4.69) is 10.3 Å². The van der Waals surface area contributed by atoms with Crippen molar-refractivity contribution in [2.24, 2.45) is 5.92 Å². The van der Waals surface area contributed by atoms with Gasteiger partial charge in [0.25, 0.3) is 5.91 Å². The number of likely N-dealkylation sites (tertiary alicyclic amines) is 1. The number of carbonyl (C=O) groups is 2. The van der Waals surface area contributed by atoms with Gasteiger partial charge < -0.3 is 10.2 Å². The molecule has 1 aliphatic rings. The maximum Gasteiger partial charge on any atom is 0.265 e. The van der Waals surface area contributed by atoms with Crippen molar-refractivity contribution in [3.8, 4) is 10.6 Å². The molecule has 1 aliphatic heterocycles. The fourth-order valence-corrected chi connectivity index (χ4v) is 4.14. The maximum absolute atomic E-state index is 12.8. The van der Waals surface area contributed by atoms with Gasteiger partial charge in [0.2, 0.25) is 5.91 Å². The van der Waals surface area contributed by atoms with E-state index in [4.69, 9.17) is 11.6 Å². The van der Waals surface area contributed by atoms with E-state index in [1.54, 1.807) is 11.1 Å². The quantitative estimate of drug-likeness (QED) is 0.861. The van der Waals surface area contributed by atoms with Crippen LogP contribution in [-0.2, 0) is 4.79 Å². The van der Waals surface area contributed by atoms with Gasteiger partial charge in [0.1, 0.15) is 9.88 Å². The molecule has 0 bridgehead atoms. The molecular weight excluding hydrogens is 370 g/mol. The van der Waals surface area contributed by atoms with E-state index in [9.17, 15) is 9.59 Å². The Labute approximate surface area is 162 Å². The summed E-state index contributed by atoms with van der Waals surface area (Å²) in [6, 6.07) is 7.49. The third kappa shape index (κ3) is 4.24. The number of nitrogens with one attached hydrogen (secondary N) is 1. The molecule has 1 fully saturated rings. The van der Waals surface area contributed by atoms with Crippen LogP contribution in [0.3, 0.4) is 0 Å². The first-order chi connectivity index (χ1) is 12.5. The molecule has 138 valence electrons. The van der Waals surface area contributed by atoms with Crippen molar-refractivity contribution in [2.75, 3.05) is 13.1 Å². The van der Waals surface area contributed by atoms with Crippen LogP contribution in [0.2, 0.25) is 5.02 Å². The van der Waals surface area contributed by atoms with E-state index in [0.717, 1.165) is 23.4 Å². The molecule has 5 nitrogen and oxygen atoms in total. The van der Waals surface area contributed by atoms with Crippen molar-refractivity contribution in [3.63, 3.8) is 0 Å². The molecule has 1 aromatic carbocycles. The van der Waals surface area contributed by atoms with E-state index in [-0.39, 0.29) is 23.8 Å². The second-order valence-electron chi connectivity index (χ2n) is 6.76. The van der Waals surface area contributed by atoms with Crippen molar-refractivity contribution < 1.29 is 9.59 Å². The third-order valence-corrected chi connectivity index (χ3v) is 5.75. The SMILES string of the molecule is CC(C)C(=O)NC1CCCN(C(=O)c2cnc(-c3ccccc3Cl)s2)C1. The molecule has 2 heterocycles. The van der Waals surface area contributed by atoms with E-state index in [1.807, 2.05) is 38.1 Å². The van der Waals surface area contributed by atoms with Gasteiger partial charge in [-0.3, -0.25) is 9.59 Å². The van der Waals surface area contributed by atoms with Crippen LogP contribution < -0.4 is 5.32 Å². The smallest absolute Gasteiger partial charge is 0.265 e. The molecule has 1 unspecified atom stereocenters. The zero-order valence-corrected chi connectivity index (χ0v) is 16.4. The highest BCUT2D eigenvalue weighted by molar-refractivity contribution is 7.17. The largest absolute Gasteiger partial charge is 0.351 e. The Morgan fingerprint density at radius 1 is 1.35 bits per heavy atom. The number of hydrogen-bond donors (Lipinski definition) is 1. The molecule has 1 aromatic heterocycles. The summed E-state index contributed by atoms with van der Waals surface area (Å²) in [6.07, 6.45) is 3.39. The lowest BCUT2D eigenvalue weighted by molar-refractivity contribution is -0.125. The van der Waals surface area contributed by atoms with Gasteiger partial charge in [0.15, 0.2) is 0 Å². The van der Waals surface area contributed by atoms with Gasteiger partial charge in [-0.2, -0.15) is 0 Å². The van der Waals surface area contributed by atoms with Crippen molar-refractivity contribution >= 4 is 34.8 Å². The van der Waals surface area contributed by atoms with E-state index in [0.29, 0.717) is 23.0 Å². The second kappa shape index (κ2) is 8.18. The first kappa shape index (κ1) is 18.9. The maximum atomic E-state index is 12.8. The molecule has 2 aromatic rings. The second-order valence-corrected chi connectivity index (χ2v) is 8.20. The van der Waals surface area contributed by atoms with Gasteiger partial charge in [-0.05, 0) is 18.9 Å². The average molecular weight is 392 g/mol. The number of benzene rings is 1. The lowest BCUT2D eigenvalue weighted by Gasteiger charge is -2.33. The third-order valence-electron chi connectivity index (χ3n) is 4.40. The van der Waals surface area contributed by atoms with Gasteiger partial charge in [-0.1, -0.05) is 43.6 Å². The highest BCUT2D eigenvalue weighted by Gasteiger charge is 2.27. The number of piperidine rings is 1. The molecule has 0 aliphatic carbocycles. The highest BCUT2D eigenvalue weighted by atomic mass is 35.5. The van der Waals surface area contributed by atoms with Crippen LogP contribution in [-0.4, -0.2) is 40.8 Å². The Morgan fingerprint density at radius 2 is 2.12 bits per heavy atom. The molecule has 7 heteroatoms. The standard InChI is InChI=1S/C19H22ClN3O2S/c1-12(2)17(24)22-13-6-5-9-23(11-13)19(25)16-10-21-18(26-16)14-7-3-4-8-15(14)20/h3-4,7-8,10,12-13H,5-6,9,11H2,1-2H3,(H,22,24). The molecule has 0 radical (unpaired) electrons. The van der Waals surface area contributed by atoms with Gasteiger partial charge in [-0.15, -0.1) is 11.3 Å². The van der Waals surface area contributed by atoms with Crippen LogP contribution in [0, 0.1) is 5.92 Å². The Morgan fingerprint density at radius 3 is 2.85 bits per heavy atom. The molecular formula is C19H22ClN3O2S. The summed E-state index contributed by atoms with van der Waals surface area (Å²) >= 11 is 7.57. The summed E-state index contributed by atoms with van der Waals surface area (Å²) in [4.78, 5) is 31.5. The molecule has 0 saturated carbocycles. The van der Waals surface area contributed by atoms with E-state index >= 15 is 0 Å². The van der Waals surface area contributed by atoms with Crippen LogP contribution in [0.1, 0.15) is 36.4 Å². The molecule has 3 rings (SSSR count). The van der Waals surface area contributed by atoms with Gasteiger partial charge in [0.05, 0.1) is 11.2 Å². The molecule has 26 heavy (non-hydrogen) atoms. The number of hydrogen-bond acceptors (Lipinski definition) is 4. The van der Waals surface area contributed by atoms with Crippen LogP contribution in [0.5, 0.6) is 0 Å². The molecule has 1 N–H and O–H groups in total. The predicted molar refractivity (Wildman–Crippen MR) is 104 cm³/mol. The molecule has 1 saturated heterocycles. The first-order valence-electron chi connectivity index (χ1n) is 8.76. The lowest BCUT2D eigenvalue weighted by Crippen LogP contribution is -2.50. The Balaban J connectivity index is 1.69. The van der Waals surface area contributed by atoms with Crippen molar-refractivity contribution in [1.82, 2.24) is 15.2 Å². The number of rotatable bonds is 4. The van der Waals surface area contributed by atoms with Crippen LogP contribution in [0.25, 0.3) is 10.6 Å². The summed E-state index contributed by atoms with van der Waals surface area (Å²) in [6.45, 7) is 4.98. The minimum atomic E-state index is -0.0549. The summed E-state index contributed by atoms with van der Waals surface area (Å²) in [5.41, 5.74) is 0.832. The fourth-order valence-electron chi connectivity index (χ4n) is 2.94. The number of thiazole rings is 1. The zero-order valence-electron chi connectivity index (χ0n) is 14.9. The lowest BCUT2D eigenvalue weighted by atomic mass is 10.0. The predicted octanol–water partition coefficient (Wildman–Crippen LogP) is 3.84. The molecule has 0 spiro atoms. The van der Waals surface area contributed by atoms with Crippen LogP contribution in [0.4, 0.5) is 0 Å². The van der Waals surface area contributed by atoms with E-state index in [1.165, 1.54) is 11.3 Å². The van der Waals surface area contributed by atoms with Crippen LogP contribution in [0.15, 0.2) is 30.5 Å². The number of halogens is 1. The normalized spacial score (nSPS) is 17.4. The highest BCUT2D eigenvalue weighted by Crippen LogP contribution is 2.31. The zero-order chi connectivity index (χ0) is 18.7. The van der Waals surface area contributed by atoms with Crippen molar-refractivity contribution in [1.29, 1.82) is 0 Å². The Kier molecular flexibility index (Phi) is 5.94. The summed E-state index contributed by atoms with van der Waals surface area (Å²) in [5.74, 6) is -0.0619. The molecule has 2 amide bonds. The van der Waals surface area contributed by atoms with Gasteiger partial charge >= 0.3 is 0 Å². The van der Waals surface area contributed by atoms with Gasteiger partial charge in [0, 0.05) is 30.6 Å². The molecule has 1 atom stereocenters. The monoisotopic (exact) mass is 391 g/mol. The Hall–Kier alpha value is -1.92. The first-order valence-corrected chi connectivity index (χ1v) is 9.95. The summed E-state index contributed by atoms with van der Waals surface area (Å²) in [7, 11) is 0. The fraction of sp³-hybridized carbons (Fsp3) is 0.421. The summed E-state index contributed by atoms with van der Waals surface area (Å²) in [5, 5.41) is 4.39. The van der Waals surface area contributed by atoms with Crippen molar-refractivity contribution in [2.45, 2.75) is 32.7 Å². The van der Waals surface area contributed by atoms with E-state index < -0.39 is 0 Å². The number of nitrogens with zero attached hydrogens (tertiary/aromatic N) is 2.